The fourth-order valence-corrected chi connectivity index (χ4v) is 3.22. The number of halogens is 1. The molecule has 0 spiro atoms. The minimum Gasteiger partial charge on any atom is -0.289 e. The molecule has 4 rings (SSSR count). The maximum atomic E-state index is 12.5. The van der Waals surface area contributed by atoms with E-state index in [1.807, 2.05) is 30.3 Å². The second-order valence-corrected chi connectivity index (χ2v) is 6.37. The highest BCUT2D eigenvalue weighted by molar-refractivity contribution is 6.30. The van der Waals surface area contributed by atoms with Gasteiger partial charge in [-0.1, -0.05) is 60.1 Å². The van der Waals surface area contributed by atoms with Gasteiger partial charge in [-0.05, 0) is 69.6 Å². The predicted octanol–water partition coefficient (Wildman–Crippen LogP) is 6.54. The topological polar surface area (TPSA) is 17.1 Å². The number of carbonyl (C=O) groups is 1. The summed E-state index contributed by atoms with van der Waals surface area (Å²) in [5.74, 6) is -0.0336. The number of ketones is 1. The summed E-state index contributed by atoms with van der Waals surface area (Å²) in [6.45, 7) is 0. The third kappa shape index (κ3) is 3.07. The molecule has 0 saturated carbocycles. The lowest BCUT2D eigenvalue weighted by Gasteiger charge is -2.08. The first-order valence-corrected chi connectivity index (χ1v) is 8.49. The summed E-state index contributed by atoms with van der Waals surface area (Å²) < 4.78 is 0. The van der Waals surface area contributed by atoms with E-state index in [1.165, 1.54) is 10.8 Å². The Kier molecular flexibility index (Phi) is 4.09. The van der Waals surface area contributed by atoms with E-state index in [-0.39, 0.29) is 5.78 Å². The lowest BCUT2D eigenvalue weighted by Crippen LogP contribution is -1.93. The molecular weight excluding hydrogens is 328 g/mol. The minimum atomic E-state index is -0.0336. The van der Waals surface area contributed by atoms with Gasteiger partial charge in [0.1, 0.15) is 0 Å². The zero-order valence-electron chi connectivity index (χ0n) is 13.4. The van der Waals surface area contributed by atoms with E-state index in [1.54, 1.807) is 30.3 Å². The van der Waals surface area contributed by atoms with E-state index in [0.717, 1.165) is 16.3 Å². The van der Waals surface area contributed by atoms with E-state index in [4.69, 9.17) is 11.6 Å². The van der Waals surface area contributed by atoms with Crippen LogP contribution in [0, 0.1) is 0 Å². The number of allylic oxidation sites excluding steroid dienone is 1. The molecule has 0 aliphatic carbocycles. The van der Waals surface area contributed by atoms with Crippen molar-refractivity contribution in [2.45, 2.75) is 0 Å². The van der Waals surface area contributed by atoms with E-state index in [0.29, 0.717) is 10.6 Å². The van der Waals surface area contributed by atoms with Gasteiger partial charge < -0.3 is 0 Å². The van der Waals surface area contributed by atoms with Gasteiger partial charge in [0.2, 0.25) is 0 Å². The Morgan fingerprint density at radius 3 is 1.92 bits per heavy atom. The van der Waals surface area contributed by atoms with Crippen LogP contribution in [-0.4, -0.2) is 5.78 Å². The Morgan fingerprint density at radius 2 is 1.32 bits per heavy atom. The summed E-state index contributed by atoms with van der Waals surface area (Å²) in [6.07, 6.45) is 3.55. The Hall–Kier alpha value is -2.90. The van der Waals surface area contributed by atoms with Crippen molar-refractivity contribution in [3.63, 3.8) is 0 Å². The third-order valence-corrected chi connectivity index (χ3v) is 4.60. The second kappa shape index (κ2) is 6.54. The average Bonchev–Trinajstić information content (AvgIpc) is 2.65. The van der Waals surface area contributed by atoms with Gasteiger partial charge in [-0.2, -0.15) is 0 Å². The zero-order chi connectivity index (χ0) is 17.2. The van der Waals surface area contributed by atoms with E-state index in [2.05, 4.69) is 30.3 Å². The zero-order valence-corrected chi connectivity index (χ0v) is 14.2. The minimum absolute atomic E-state index is 0.0336. The fraction of sp³-hybridized carbons (Fsp3) is 0. The maximum absolute atomic E-state index is 12.5. The quantitative estimate of drug-likeness (QED) is 0.234. The van der Waals surface area contributed by atoms with Crippen molar-refractivity contribution >= 4 is 45.0 Å². The molecule has 0 aliphatic heterocycles. The normalized spacial score (nSPS) is 11.4. The Bertz CT molecular complexity index is 1050. The molecule has 0 atom stereocenters. The van der Waals surface area contributed by atoms with Gasteiger partial charge in [-0.25, -0.2) is 0 Å². The molecule has 0 fully saturated rings. The highest BCUT2D eigenvalue weighted by Gasteiger charge is 2.06. The lowest BCUT2D eigenvalue weighted by atomic mass is 9.96. The van der Waals surface area contributed by atoms with Crippen LogP contribution in [0.15, 0.2) is 84.9 Å². The highest BCUT2D eigenvalue weighted by atomic mass is 35.5. The Balaban J connectivity index is 1.84. The van der Waals surface area contributed by atoms with Crippen LogP contribution in [0.2, 0.25) is 5.02 Å². The SMILES string of the molecule is O=C(C=Cc1c2ccccc2cc2ccccc12)c1ccc(Cl)cc1. The highest BCUT2D eigenvalue weighted by Crippen LogP contribution is 2.29. The van der Waals surface area contributed by atoms with Gasteiger partial charge in [-0.3, -0.25) is 4.79 Å². The Labute approximate surface area is 151 Å². The van der Waals surface area contributed by atoms with Gasteiger partial charge in [-0.15, -0.1) is 0 Å². The maximum Gasteiger partial charge on any atom is 0.185 e. The van der Waals surface area contributed by atoms with Crippen LogP contribution in [0.4, 0.5) is 0 Å². The van der Waals surface area contributed by atoms with Crippen LogP contribution < -0.4 is 0 Å². The third-order valence-electron chi connectivity index (χ3n) is 4.34. The molecule has 120 valence electrons. The van der Waals surface area contributed by atoms with Crippen molar-refractivity contribution in [1.29, 1.82) is 0 Å². The molecule has 25 heavy (non-hydrogen) atoms. The summed E-state index contributed by atoms with van der Waals surface area (Å²) in [4.78, 5) is 12.5. The number of hydrogen-bond acceptors (Lipinski definition) is 1. The smallest absolute Gasteiger partial charge is 0.185 e. The molecule has 0 unspecified atom stereocenters. The number of rotatable bonds is 3. The lowest BCUT2D eigenvalue weighted by molar-refractivity contribution is 0.104. The molecular formula is C23H15ClO. The summed E-state index contributed by atoms with van der Waals surface area (Å²) in [7, 11) is 0. The van der Waals surface area contributed by atoms with Gasteiger partial charge >= 0.3 is 0 Å². The molecule has 1 nitrogen and oxygen atoms in total. The fourth-order valence-electron chi connectivity index (χ4n) is 3.10. The van der Waals surface area contributed by atoms with Crippen LogP contribution >= 0.6 is 11.6 Å². The summed E-state index contributed by atoms with van der Waals surface area (Å²) in [6, 6.07) is 25.6. The summed E-state index contributed by atoms with van der Waals surface area (Å²) in [5, 5.41) is 5.24. The molecule has 2 heteroatoms. The van der Waals surface area contributed by atoms with Crippen LogP contribution in [0.25, 0.3) is 27.6 Å². The van der Waals surface area contributed by atoms with Crippen molar-refractivity contribution in [3.8, 4) is 0 Å². The van der Waals surface area contributed by atoms with E-state index in [9.17, 15) is 4.79 Å². The van der Waals surface area contributed by atoms with Crippen molar-refractivity contribution in [1.82, 2.24) is 0 Å². The monoisotopic (exact) mass is 342 g/mol. The summed E-state index contributed by atoms with van der Waals surface area (Å²) >= 11 is 5.89. The van der Waals surface area contributed by atoms with Gasteiger partial charge in [0, 0.05) is 10.6 Å². The summed E-state index contributed by atoms with van der Waals surface area (Å²) in [5.41, 5.74) is 1.70. The van der Waals surface area contributed by atoms with Gasteiger partial charge in [0.25, 0.3) is 0 Å². The molecule has 0 radical (unpaired) electrons. The second-order valence-electron chi connectivity index (χ2n) is 5.94. The molecule has 0 aliphatic rings. The molecule has 0 saturated heterocycles. The van der Waals surface area contributed by atoms with Gasteiger partial charge in [0.05, 0.1) is 0 Å². The van der Waals surface area contributed by atoms with Crippen molar-refractivity contribution in [3.05, 3.63) is 101 Å². The van der Waals surface area contributed by atoms with E-state index < -0.39 is 0 Å². The first-order chi connectivity index (χ1) is 12.2. The van der Waals surface area contributed by atoms with E-state index >= 15 is 0 Å². The van der Waals surface area contributed by atoms with Crippen LogP contribution in [-0.2, 0) is 0 Å². The average molecular weight is 343 g/mol. The molecule has 0 bridgehead atoms. The molecule has 0 aromatic heterocycles. The van der Waals surface area contributed by atoms with Crippen LogP contribution in [0.3, 0.4) is 0 Å². The molecule has 4 aromatic rings. The molecule has 0 amide bonds. The first kappa shape index (κ1) is 15.6. The number of carbonyl (C=O) groups excluding carboxylic acids is 1. The molecule has 0 N–H and O–H groups in total. The predicted molar refractivity (Wildman–Crippen MR) is 106 cm³/mol. The van der Waals surface area contributed by atoms with Crippen molar-refractivity contribution in [2.75, 3.05) is 0 Å². The Morgan fingerprint density at radius 1 is 0.760 bits per heavy atom. The van der Waals surface area contributed by atoms with Gasteiger partial charge in [0.15, 0.2) is 5.78 Å². The first-order valence-electron chi connectivity index (χ1n) is 8.11. The largest absolute Gasteiger partial charge is 0.289 e. The molecule has 0 heterocycles. The molecule has 4 aromatic carbocycles. The van der Waals surface area contributed by atoms with Crippen LogP contribution in [0.5, 0.6) is 0 Å². The number of fused-ring (bicyclic) bond motifs is 2. The number of benzene rings is 4. The van der Waals surface area contributed by atoms with Crippen molar-refractivity contribution in [2.24, 2.45) is 0 Å². The standard InChI is InChI=1S/C23H15ClO/c24-19-11-9-16(10-12-19)23(25)14-13-22-20-7-3-1-5-17(20)15-18-6-2-4-8-21(18)22/h1-15H. The van der Waals surface area contributed by atoms with Crippen LogP contribution in [0.1, 0.15) is 15.9 Å². The number of hydrogen-bond donors (Lipinski definition) is 0. The van der Waals surface area contributed by atoms with Crippen molar-refractivity contribution < 1.29 is 4.79 Å².